The van der Waals surface area contributed by atoms with Crippen LogP contribution in [0.4, 0.5) is 4.79 Å². The van der Waals surface area contributed by atoms with Crippen LogP contribution in [-0.2, 0) is 10.3 Å². The number of para-hydroxylation sites is 1. The van der Waals surface area contributed by atoms with Gasteiger partial charge in [0.25, 0.3) is 5.91 Å². The minimum absolute atomic E-state index is 0.304. The van der Waals surface area contributed by atoms with E-state index in [1.807, 2.05) is 48.7 Å². The van der Waals surface area contributed by atoms with Crippen LogP contribution >= 0.6 is 11.6 Å². The molecule has 1 fully saturated rings. The fourth-order valence-electron chi connectivity index (χ4n) is 4.14. The van der Waals surface area contributed by atoms with Gasteiger partial charge in [-0.15, -0.1) is 0 Å². The summed E-state index contributed by atoms with van der Waals surface area (Å²) in [4.78, 5) is 39.9. The van der Waals surface area contributed by atoms with Crippen LogP contribution in [0.1, 0.15) is 34.2 Å². The Balaban J connectivity index is 1.62. The first kappa shape index (κ1) is 20.9. The topological polar surface area (TPSA) is 71.4 Å². The number of nitrogens with zero attached hydrogens (tertiary/aromatic N) is 2. The van der Waals surface area contributed by atoms with Crippen molar-refractivity contribution < 1.29 is 14.4 Å². The molecular formula is C24H22ClN3O3. The number of imide groups is 1. The molecule has 7 heteroatoms. The van der Waals surface area contributed by atoms with Gasteiger partial charge in [0, 0.05) is 33.2 Å². The minimum Gasteiger partial charge on any atom is -0.319 e. The number of hydrogen-bond donors (Lipinski definition) is 1. The summed E-state index contributed by atoms with van der Waals surface area (Å²) in [6, 6.07) is 17.7. The van der Waals surface area contributed by atoms with Crippen LogP contribution in [0.25, 0.3) is 5.69 Å². The molecule has 0 saturated carbocycles. The van der Waals surface area contributed by atoms with Gasteiger partial charge >= 0.3 is 6.03 Å². The SMILES string of the molecule is Cc1cc(C(=O)CN2C(=O)N[C@](C)(c3ccccc3Cl)C2=O)c(C)n1-c1ccccc1. The number of ketones is 1. The number of aryl methyl sites for hydroxylation is 1. The molecule has 3 amide bonds. The van der Waals surface area contributed by atoms with Crippen LogP contribution in [0.15, 0.2) is 60.7 Å². The Morgan fingerprint density at radius 3 is 2.35 bits per heavy atom. The summed E-state index contributed by atoms with van der Waals surface area (Å²) < 4.78 is 1.98. The number of halogens is 1. The summed E-state index contributed by atoms with van der Waals surface area (Å²) in [7, 11) is 0. The molecule has 1 atom stereocenters. The second kappa shape index (κ2) is 7.71. The molecule has 158 valence electrons. The van der Waals surface area contributed by atoms with E-state index in [1.54, 1.807) is 37.3 Å². The van der Waals surface area contributed by atoms with E-state index in [0.29, 0.717) is 16.1 Å². The van der Waals surface area contributed by atoms with Gasteiger partial charge in [-0.2, -0.15) is 0 Å². The van der Waals surface area contributed by atoms with Crippen molar-refractivity contribution in [1.82, 2.24) is 14.8 Å². The number of carbonyl (C=O) groups excluding carboxylic acids is 3. The molecule has 0 radical (unpaired) electrons. The second-order valence-electron chi connectivity index (χ2n) is 7.81. The molecule has 0 spiro atoms. The Labute approximate surface area is 185 Å². The van der Waals surface area contributed by atoms with E-state index < -0.39 is 17.5 Å². The molecule has 1 saturated heterocycles. The van der Waals surface area contributed by atoms with Crippen LogP contribution in [-0.4, -0.2) is 33.7 Å². The lowest BCUT2D eigenvalue weighted by molar-refractivity contribution is -0.130. The average molecular weight is 436 g/mol. The summed E-state index contributed by atoms with van der Waals surface area (Å²) in [6.07, 6.45) is 0. The van der Waals surface area contributed by atoms with Crippen molar-refractivity contribution in [3.63, 3.8) is 0 Å². The molecular weight excluding hydrogens is 414 g/mol. The van der Waals surface area contributed by atoms with Crippen LogP contribution in [0.3, 0.4) is 0 Å². The summed E-state index contributed by atoms with van der Waals surface area (Å²) in [5.41, 5.74) is 2.24. The molecule has 0 aliphatic carbocycles. The molecule has 2 heterocycles. The number of Topliss-reactive ketones (excluding diaryl/α,β-unsaturated/α-hetero) is 1. The number of nitrogens with one attached hydrogen (secondary N) is 1. The Morgan fingerprint density at radius 2 is 1.68 bits per heavy atom. The maximum absolute atomic E-state index is 13.2. The molecule has 3 aromatic rings. The Hall–Kier alpha value is -3.38. The molecule has 1 aromatic heterocycles. The highest BCUT2D eigenvalue weighted by atomic mass is 35.5. The van der Waals surface area contributed by atoms with Crippen molar-refractivity contribution in [1.29, 1.82) is 0 Å². The van der Waals surface area contributed by atoms with E-state index in [4.69, 9.17) is 11.6 Å². The first-order chi connectivity index (χ1) is 14.7. The normalized spacial score (nSPS) is 18.4. The molecule has 0 unspecified atom stereocenters. The zero-order valence-electron chi connectivity index (χ0n) is 17.5. The number of rotatable bonds is 5. The van der Waals surface area contributed by atoms with Gasteiger partial charge in [0.05, 0.1) is 6.54 Å². The van der Waals surface area contributed by atoms with Crippen LogP contribution < -0.4 is 5.32 Å². The van der Waals surface area contributed by atoms with Gasteiger partial charge in [-0.1, -0.05) is 48.0 Å². The van der Waals surface area contributed by atoms with Gasteiger partial charge in [-0.25, -0.2) is 4.79 Å². The van der Waals surface area contributed by atoms with Crippen molar-refractivity contribution in [2.24, 2.45) is 0 Å². The zero-order chi connectivity index (χ0) is 22.3. The standard InChI is InChI=1S/C24H22ClN3O3/c1-15-13-18(16(2)28(15)17-9-5-4-6-10-17)21(29)14-27-22(30)24(3,26-23(27)31)19-11-7-8-12-20(19)25/h4-13H,14H2,1-3H3,(H,26,31)/t24-/m1/s1. The molecule has 2 aromatic carbocycles. The lowest BCUT2D eigenvalue weighted by atomic mass is 9.92. The lowest BCUT2D eigenvalue weighted by Gasteiger charge is -2.23. The van der Waals surface area contributed by atoms with E-state index in [-0.39, 0.29) is 12.3 Å². The average Bonchev–Trinajstić information content (AvgIpc) is 3.16. The number of urea groups is 1. The molecule has 4 rings (SSSR count). The van der Waals surface area contributed by atoms with Crippen LogP contribution in [0.5, 0.6) is 0 Å². The Bertz CT molecular complexity index is 1200. The molecule has 31 heavy (non-hydrogen) atoms. The number of aromatic nitrogens is 1. The van der Waals surface area contributed by atoms with Gasteiger partial charge < -0.3 is 9.88 Å². The fourth-order valence-corrected chi connectivity index (χ4v) is 4.46. The Kier molecular flexibility index (Phi) is 5.19. The van der Waals surface area contributed by atoms with Gasteiger partial charge in [0.15, 0.2) is 5.78 Å². The third-order valence-electron chi connectivity index (χ3n) is 5.74. The number of amides is 3. The molecule has 6 nitrogen and oxygen atoms in total. The summed E-state index contributed by atoms with van der Waals surface area (Å²) in [5.74, 6) is -0.807. The van der Waals surface area contributed by atoms with E-state index in [9.17, 15) is 14.4 Å². The quantitative estimate of drug-likeness (QED) is 0.477. The maximum Gasteiger partial charge on any atom is 0.325 e. The predicted molar refractivity (Wildman–Crippen MR) is 119 cm³/mol. The second-order valence-corrected chi connectivity index (χ2v) is 8.21. The van der Waals surface area contributed by atoms with E-state index in [0.717, 1.165) is 22.0 Å². The Morgan fingerprint density at radius 1 is 1.03 bits per heavy atom. The maximum atomic E-state index is 13.2. The predicted octanol–water partition coefficient (Wildman–Crippen LogP) is 4.40. The molecule has 1 N–H and O–H groups in total. The summed E-state index contributed by atoms with van der Waals surface area (Å²) in [5, 5.41) is 3.07. The van der Waals surface area contributed by atoms with Crippen molar-refractivity contribution >= 4 is 29.3 Å². The van der Waals surface area contributed by atoms with Gasteiger partial charge in [0.2, 0.25) is 0 Å². The van der Waals surface area contributed by atoms with Crippen molar-refractivity contribution in [2.75, 3.05) is 6.54 Å². The molecule has 0 bridgehead atoms. The monoisotopic (exact) mass is 435 g/mol. The smallest absolute Gasteiger partial charge is 0.319 e. The highest BCUT2D eigenvalue weighted by Gasteiger charge is 2.50. The third kappa shape index (κ3) is 3.43. The minimum atomic E-state index is -1.32. The number of benzene rings is 2. The van der Waals surface area contributed by atoms with Crippen molar-refractivity contribution in [3.05, 3.63) is 88.2 Å². The molecule has 1 aliphatic heterocycles. The van der Waals surface area contributed by atoms with Crippen LogP contribution in [0.2, 0.25) is 5.02 Å². The van der Waals surface area contributed by atoms with E-state index in [2.05, 4.69) is 5.32 Å². The van der Waals surface area contributed by atoms with Gasteiger partial charge in [-0.05, 0) is 45.0 Å². The highest BCUT2D eigenvalue weighted by Crippen LogP contribution is 2.33. The summed E-state index contributed by atoms with van der Waals surface area (Å²) in [6.45, 7) is 5.02. The molecule has 1 aliphatic rings. The highest BCUT2D eigenvalue weighted by molar-refractivity contribution is 6.32. The first-order valence-electron chi connectivity index (χ1n) is 9.90. The lowest BCUT2D eigenvalue weighted by Crippen LogP contribution is -2.41. The van der Waals surface area contributed by atoms with Crippen molar-refractivity contribution in [3.8, 4) is 5.69 Å². The number of carbonyl (C=O) groups is 3. The first-order valence-corrected chi connectivity index (χ1v) is 10.3. The van der Waals surface area contributed by atoms with E-state index >= 15 is 0 Å². The van der Waals surface area contributed by atoms with Crippen LogP contribution in [0, 0.1) is 13.8 Å². The van der Waals surface area contributed by atoms with E-state index in [1.165, 1.54) is 0 Å². The third-order valence-corrected chi connectivity index (χ3v) is 6.06. The zero-order valence-corrected chi connectivity index (χ0v) is 18.2. The number of hydrogen-bond acceptors (Lipinski definition) is 3. The fraction of sp³-hybridized carbons (Fsp3) is 0.208. The summed E-state index contributed by atoms with van der Waals surface area (Å²) >= 11 is 6.26. The van der Waals surface area contributed by atoms with Gasteiger partial charge in [0.1, 0.15) is 5.54 Å². The van der Waals surface area contributed by atoms with Crippen molar-refractivity contribution in [2.45, 2.75) is 26.3 Å². The van der Waals surface area contributed by atoms with Gasteiger partial charge in [-0.3, -0.25) is 14.5 Å². The largest absolute Gasteiger partial charge is 0.325 e.